The van der Waals surface area contributed by atoms with E-state index < -0.39 is 22.8 Å². The molecule has 0 saturated heterocycles. The molecule has 10 heteroatoms. The van der Waals surface area contributed by atoms with Gasteiger partial charge in [0.1, 0.15) is 0 Å². The summed E-state index contributed by atoms with van der Waals surface area (Å²) in [6.45, 7) is 5.67. The molecule has 1 aromatic carbocycles. The molecule has 9 nitrogen and oxygen atoms in total. The lowest BCUT2D eigenvalue weighted by Gasteiger charge is -2.30. The SMILES string of the molecule is CCOC(=O)C1=C(C)NC(C[n+]2ccccc2)=C(C(=O)OCC)C1c1cccc([N+](=O)[O-])c1.[Cl-]. The van der Waals surface area contributed by atoms with Crippen LogP contribution in [0.3, 0.4) is 0 Å². The number of esters is 2. The summed E-state index contributed by atoms with van der Waals surface area (Å²) in [5.74, 6) is -2.11. The van der Waals surface area contributed by atoms with E-state index in [1.54, 1.807) is 26.8 Å². The number of nitrogens with zero attached hydrogens (tertiary/aromatic N) is 2. The van der Waals surface area contributed by atoms with Gasteiger partial charge in [-0.15, -0.1) is 0 Å². The highest BCUT2D eigenvalue weighted by molar-refractivity contribution is 6.00. The number of nitrogens with one attached hydrogen (secondary N) is 1. The van der Waals surface area contributed by atoms with Crippen LogP contribution in [0.2, 0.25) is 0 Å². The Balaban J connectivity index is 0.00000408. The number of benzene rings is 1. The second-order valence-electron chi connectivity index (χ2n) is 7.33. The number of hydrogen-bond acceptors (Lipinski definition) is 7. The summed E-state index contributed by atoms with van der Waals surface area (Å²) in [5, 5.41) is 14.6. The number of non-ortho nitro benzene ring substituents is 1. The summed E-state index contributed by atoms with van der Waals surface area (Å²) in [4.78, 5) is 37.1. The second-order valence-corrected chi connectivity index (χ2v) is 7.33. The highest BCUT2D eigenvalue weighted by atomic mass is 35.5. The Morgan fingerprint density at radius 2 is 1.65 bits per heavy atom. The van der Waals surface area contributed by atoms with Gasteiger partial charge in [0.25, 0.3) is 5.69 Å². The van der Waals surface area contributed by atoms with Gasteiger partial charge in [-0.3, -0.25) is 10.1 Å². The van der Waals surface area contributed by atoms with Crippen molar-refractivity contribution in [3.63, 3.8) is 0 Å². The van der Waals surface area contributed by atoms with Gasteiger partial charge in [0.05, 0.1) is 40.9 Å². The van der Waals surface area contributed by atoms with E-state index in [1.807, 2.05) is 35.2 Å². The number of hydrogen-bond donors (Lipinski definition) is 1. The molecule has 0 radical (unpaired) electrons. The zero-order valence-corrected chi connectivity index (χ0v) is 19.9. The van der Waals surface area contributed by atoms with Crippen molar-refractivity contribution in [1.82, 2.24) is 5.32 Å². The minimum atomic E-state index is -0.899. The van der Waals surface area contributed by atoms with Gasteiger partial charge in [-0.1, -0.05) is 18.2 Å². The fourth-order valence-electron chi connectivity index (χ4n) is 3.82. The largest absolute Gasteiger partial charge is 1.00 e. The number of carbonyl (C=O) groups is 2. The van der Waals surface area contributed by atoms with Gasteiger partial charge in [-0.05, 0) is 26.3 Å². The number of nitro groups is 1. The summed E-state index contributed by atoms with van der Waals surface area (Å²) < 4.78 is 12.5. The zero-order chi connectivity index (χ0) is 24.0. The molecule has 0 bridgehead atoms. The van der Waals surface area contributed by atoms with Crippen LogP contribution in [-0.2, 0) is 25.6 Å². The van der Waals surface area contributed by atoms with Gasteiger partial charge < -0.3 is 27.2 Å². The molecule has 1 aliphatic rings. The first kappa shape index (κ1) is 26.5. The molecule has 1 unspecified atom stereocenters. The Kier molecular flexibility index (Phi) is 9.32. The molecule has 3 rings (SSSR count). The van der Waals surface area contributed by atoms with Crippen LogP contribution in [0.5, 0.6) is 0 Å². The molecular weight excluding hydrogens is 462 g/mol. The molecule has 0 fully saturated rings. The van der Waals surface area contributed by atoms with E-state index in [4.69, 9.17) is 9.47 Å². The Labute approximate surface area is 203 Å². The number of carbonyl (C=O) groups excluding carboxylic acids is 2. The van der Waals surface area contributed by atoms with Crippen LogP contribution < -0.4 is 22.3 Å². The molecule has 1 aromatic heterocycles. The maximum absolute atomic E-state index is 13.2. The number of nitro benzene ring substituents is 1. The summed E-state index contributed by atoms with van der Waals surface area (Å²) >= 11 is 0. The highest BCUT2D eigenvalue weighted by Gasteiger charge is 2.40. The number of dihydropyridines is 1. The summed E-state index contributed by atoms with van der Waals surface area (Å²) in [6.07, 6.45) is 3.69. The average molecular weight is 488 g/mol. The molecule has 1 aliphatic heterocycles. The van der Waals surface area contributed by atoms with E-state index >= 15 is 0 Å². The van der Waals surface area contributed by atoms with Crippen molar-refractivity contribution < 1.29 is 41.0 Å². The van der Waals surface area contributed by atoms with Crippen LogP contribution in [0, 0.1) is 10.1 Å². The van der Waals surface area contributed by atoms with E-state index in [9.17, 15) is 19.7 Å². The minimum Gasteiger partial charge on any atom is -1.00 e. The Morgan fingerprint density at radius 1 is 1.03 bits per heavy atom. The van der Waals surface area contributed by atoms with Crippen molar-refractivity contribution in [1.29, 1.82) is 0 Å². The fourth-order valence-corrected chi connectivity index (χ4v) is 3.82. The molecule has 180 valence electrons. The lowest BCUT2D eigenvalue weighted by Crippen LogP contribution is -3.00. The van der Waals surface area contributed by atoms with Gasteiger partial charge >= 0.3 is 11.9 Å². The fraction of sp³-hybridized carbons (Fsp3) is 0.292. The molecular formula is C24H26ClN3O6. The van der Waals surface area contributed by atoms with Crippen molar-refractivity contribution in [2.24, 2.45) is 0 Å². The van der Waals surface area contributed by atoms with Crippen LogP contribution in [0.15, 0.2) is 77.4 Å². The Bertz CT molecular complexity index is 1130. The number of halogens is 1. The molecule has 34 heavy (non-hydrogen) atoms. The van der Waals surface area contributed by atoms with Gasteiger partial charge in [-0.2, -0.15) is 4.57 Å². The molecule has 2 heterocycles. The van der Waals surface area contributed by atoms with E-state index in [2.05, 4.69) is 5.32 Å². The predicted octanol–water partition coefficient (Wildman–Crippen LogP) is -0.0724. The molecule has 1 atom stereocenters. The third-order valence-corrected chi connectivity index (χ3v) is 5.17. The van der Waals surface area contributed by atoms with Crippen LogP contribution in [0.25, 0.3) is 0 Å². The summed E-state index contributed by atoms with van der Waals surface area (Å²) in [7, 11) is 0. The van der Waals surface area contributed by atoms with Crippen molar-refractivity contribution in [3.05, 3.63) is 93.1 Å². The molecule has 0 amide bonds. The standard InChI is InChI=1S/C24H25N3O6.ClH/c1-4-32-23(28)20-16(3)25-19(15-26-12-7-6-8-13-26)22(24(29)33-5-2)21(20)17-10-9-11-18(14-17)27(30)31;/h6-14,21H,4-5,15H2,1-3H3;1H. The van der Waals surface area contributed by atoms with Crippen molar-refractivity contribution in [2.75, 3.05) is 13.2 Å². The normalized spacial score (nSPS) is 15.2. The highest BCUT2D eigenvalue weighted by Crippen LogP contribution is 2.40. The average Bonchev–Trinajstić information content (AvgIpc) is 2.79. The van der Waals surface area contributed by atoms with Crippen LogP contribution in [0.1, 0.15) is 32.3 Å². The molecule has 0 saturated carbocycles. The van der Waals surface area contributed by atoms with Gasteiger partial charge in [0.2, 0.25) is 0 Å². The zero-order valence-electron chi connectivity index (χ0n) is 19.1. The molecule has 1 N–H and O–H groups in total. The Morgan fingerprint density at radius 3 is 2.24 bits per heavy atom. The molecule has 2 aromatic rings. The third kappa shape index (κ3) is 5.79. The predicted molar refractivity (Wildman–Crippen MR) is 119 cm³/mol. The van der Waals surface area contributed by atoms with Crippen LogP contribution >= 0.6 is 0 Å². The lowest BCUT2D eigenvalue weighted by atomic mass is 9.80. The van der Waals surface area contributed by atoms with Crippen molar-refractivity contribution >= 4 is 17.6 Å². The maximum Gasteiger partial charge on any atom is 0.337 e. The topological polar surface area (TPSA) is 112 Å². The van der Waals surface area contributed by atoms with Crippen LogP contribution in [0.4, 0.5) is 5.69 Å². The first-order valence-corrected chi connectivity index (χ1v) is 10.6. The first-order valence-electron chi connectivity index (χ1n) is 10.6. The third-order valence-electron chi connectivity index (χ3n) is 5.17. The van der Waals surface area contributed by atoms with Crippen molar-refractivity contribution in [2.45, 2.75) is 33.2 Å². The van der Waals surface area contributed by atoms with E-state index in [0.717, 1.165) is 0 Å². The summed E-state index contributed by atoms with van der Waals surface area (Å²) in [5.41, 5.74) is 1.74. The van der Waals surface area contributed by atoms with Gasteiger partial charge in [0, 0.05) is 30.0 Å². The minimum absolute atomic E-state index is 0. The smallest absolute Gasteiger partial charge is 0.337 e. The Hall–Kier alpha value is -3.72. The molecule has 0 aliphatic carbocycles. The van der Waals surface area contributed by atoms with E-state index in [-0.39, 0.29) is 42.5 Å². The first-order chi connectivity index (χ1) is 15.9. The van der Waals surface area contributed by atoms with E-state index in [0.29, 0.717) is 23.5 Å². The lowest BCUT2D eigenvalue weighted by molar-refractivity contribution is -0.689. The number of aromatic nitrogens is 1. The van der Waals surface area contributed by atoms with Crippen LogP contribution in [-0.4, -0.2) is 30.1 Å². The van der Waals surface area contributed by atoms with Gasteiger partial charge in [-0.25, -0.2) is 9.59 Å². The number of allylic oxidation sites excluding steroid dienone is 2. The van der Waals surface area contributed by atoms with Gasteiger partial charge in [0.15, 0.2) is 18.9 Å². The number of pyridine rings is 1. The maximum atomic E-state index is 13.2. The van der Waals surface area contributed by atoms with Crippen molar-refractivity contribution in [3.8, 4) is 0 Å². The summed E-state index contributed by atoms with van der Waals surface area (Å²) in [6, 6.07) is 11.5. The number of ether oxygens (including phenoxy) is 2. The molecule has 0 spiro atoms. The van der Waals surface area contributed by atoms with E-state index in [1.165, 1.54) is 18.2 Å². The monoisotopic (exact) mass is 487 g/mol. The number of rotatable bonds is 8. The quantitative estimate of drug-likeness (QED) is 0.240. The second kappa shape index (κ2) is 11.9.